The van der Waals surface area contributed by atoms with E-state index in [9.17, 15) is 23.9 Å². The first-order chi connectivity index (χ1) is 18.0. The van der Waals surface area contributed by atoms with Crippen molar-refractivity contribution < 1.29 is 37.1 Å². The zero-order valence-electron chi connectivity index (χ0n) is 20.2. The van der Waals surface area contributed by atoms with Crippen molar-refractivity contribution in [2.45, 2.75) is 44.4 Å². The highest BCUT2D eigenvalue weighted by Gasteiger charge is 2.58. The van der Waals surface area contributed by atoms with E-state index in [4.69, 9.17) is 23.8 Å². The number of nitroso groups, excluding NO2 is 1. The van der Waals surface area contributed by atoms with Gasteiger partial charge in [0.15, 0.2) is 18.0 Å². The Bertz CT molecular complexity index is 1330. The minimum Gasteiger partial charge on any atom is -0.456 e. The van der Waals surface area contributed by atoms with Crippen molar-refractivity contribution >= 4 is 25.4 Å². The fraction of sp³-hybridized carbons (Fsp3) is 0.409. The molecule has 14 nitrogen and oxygen atoms in total. The number of nitrogens with zero attached hydrogens (tertiary/aromatic N) is 4. The number of hydrogen-bond acceptors (Lipinski definition) is 11. The minimum atomic E-state index is -4.58. The lowest BCUT2D eigenvalue weighted by atomic mass is 9.98. The first-order valence-electron chi connectivity index (χ1n) is 11.1. The summed E-state index contributed by atoms with van der Waals surface area (Å²) in [5, 5.41) is 11.0. The van der Waals surface area contributed by atoms with Crippen LogP contribution >= 0.6 is 7.75 Å². The Morgan fingerprint density at radius 3 is 2.63 bits per heavy atom. The molecule has 1 amide bonds. The second-order valence-electron chi connectivity index (χ2n) is 8.12. The van der Waals surface area contributed by atoms with Crippen LogP contribution in [0.4, 0.5) is 10.2 Å². The largest absolute Gasteiger partial charge is 0.489 e. The topological polar surface area (TPSA) is 188 Å². The molecule has 1 N–H and O–H groups in total. The van der Waals surface area contributed by atoms with Crippen molar-refractivity contribution in [3.05, 3.63) is 63.5 Å². The fourth-order valence-corrected chi connectivity index (χ4v) is 4.43. The van der Waals surface area contributed by atoms with E-state index in [0.29, 0.717) is 5.56 Å². The Balaban J connectivity index is 1.81. The fourth-order valence-electron chi connectivity index (χ4n) is 3.61. The van der Waals surface area contributed by atoms with Gasteiger partial charge in [0.1, 0.15) is 11.9 Å². The highest BCUT2D eigenvalue weighted by molar-refractivity contribution is 7.52. The van der Waals surface area contributed by atoms with Crippen molar-refractivity contribution in [2.24, 2.45) is 4.95 Å². The van der Waals surface area contributed by atoms with Gasteiger partial charge in [-0.05, 0) is 25.1 Å². The lowest BCUT2D eigenvalue weighted by Crippen LogP contribution is -2.45. The van der Waals surface area contributed by atoms with Crippen LogP contribution in [0.25, 0.3) is 0 Å². The summed E-state index contributed by atoms with van der Waals surface area (Å²) >= 11 is 0. The number of esters is 1. The molecule has 2 aromatic rings. The summed E-state index contributed by atoms with van der Waals surface area (Å²) in [4.78, 5) is 53.8. The zero-order chi connectivity index (χ0) is 27.9. The van der Waals surface area contributed by atoms with Gasteiger partial charge in [-0.25, -0.2) is 13.8 Å². The van der Waals surface area contributed by atoms with Crippen LogP contribution in [0.5, 0.6) is 0 Å². The van der Waals surface area contributed by atoms with Crippen LogP contribution in [-0.4, -0.2) is 52.5 Å². The third-order valence-corrected chi connectivity index (χ3v) is 6.49. The predicted molar refractivity (Wildman–Crippen MR) is 127 cm³/mol. The Morgan fingerprint density at radius 2 is 2.03 bits per heavy atom. The molecule has 0 radical (unpaired) electrons. The van der Waals surface area contributed by atoms with Gasteiger partial charge in [0.05, 0.1) is 25.7 Å². The Kier molecular flexibility index (Phi) is 9.18. The second-order valence-corrected chi connectivity index (χ2v) is 9.74. The van der Waals surface area contributed by atoms with E-state index >= 15 is 4.39 Å². The van der Waals surface area contributed by atoms with Gasteiger partial charge in [0.2, 0.25) is 0 Å². The van der Waals surface area contributed by atoms with Crippen LogP contribution < -0.4 is 11.0 Å². The summed E-state index contributed by atoms with van der Waals surface area (Å²) in [6.07, 6.45) is -3.93. The van der Waals surface area contributed by atoms with Crippen molar-refractivity contribution in [3.63, 3.8) is 0 Å². The van der Waals surface area contributed by atoms with E-state index in [1.807, 2.05) is 0 Å². The van der Waals surface area contributed by atoms with Crippen LogP contribution in [0.15, 0.2) is 52.3 Å². The summed E-state index contributed by atoms with van der Waals surface area (Å²) < 4.78 is 49.4. The van der Waals surface area contributed by atoms with Gasteiger partial charge < -0.3 is 14.8 Å². The maximum Gasteiger partial charge on any atom is 0.489 e. The highest BCUT2D eigenvalue weighted by Crippen LogP contribution is 2.51. The number of carbonyl (C=O) groups is 2. The number of benzene rings is 1. The summed E-state index contributed by atoms with van der Waals surface area (Å²) in [5.74, 6) is -1.53. The highest BCUT2D eigenvalue weighted by atomic mass is 31.2. The molecule has 2 heterocycles. The van der Waals surface area contributed by atoms with Crippen LogP contribution in [0.2, 0.25) is 0 Å². The van der Waals surface area contributed by atoms with Crippen molar-refractivity contribution in [2.75, 3.05) is 18.5 Å². The number of carbonyl (C=O) groups excluding carboxylic acids is 2. The number of alkyl halides is 1. The van der Waals surface area contributed by atoms with Crippen LogP contribution in [-0.2, 0) is 27.9 Å². The number of ether oxygens (including phenoxy) is 2. The molecule has 1 fully saturated rings. The normalized spacial score (nSPS) is 24.1. The number of anilines is 1. The first kappa shape index (κ1) is 28.7. The number of rotatable bonds is 11. The van der Waals surface area contributed by atoms with Gasteiger partial charge in [0.25, 0.3) is 5.91 Å². The smallest absolute Gasteiger partial charge is 0.456 e. The van der Waals surface area contributed by atoms with Crippen molar-refractivity contribution in [1.82, 2.24) is 9.55 Å². The van der Waals surface area contributed by atoms with E-state index in [2.05, 4.69) is 15.2 Å². The van der Waals surface area contributed by atoms with E-state index in [1.165, 1.54) is 6.07 Å². The van der Waals surface area contributed by atoms with E-state index in [-0.39, 0.29) is 12.2 Å². The lowest BCUT2D eigenvalue weighted by Gasteiger charge is -2.27. The van der Waals surface area contributed by atoms with Gasteiger partial charge >= 0.3 is 19.4 Å². The Morgan fingerprint density at radius 1 is 1.32 bits per heavy atom. The van der Waals surface area contributed by atoms with Gasteiger partial charge in [0, 0.05) is 23.6 Å². The van der Waals surface area contributed by atoms with E-state index in [0.717, 1.165) is 24.6 Å². The quantitative estimate of drug-likeness (QED) is 0.187. The van der Waals surface area contributed by atoms with Crippen LogP contribution in [0.1, 0.15) is 36.9 Å². The molecule has 1 saturated heterocycles. The zero-order valence-corrected chi connectivity index (χ0v) is 21.1. The molecule has 0 spiro atoms. The Hall–Kier alpha value is -3.83. The first-order valence-corrected chi connectivity index (χ1v) is 12.6. The molecule has 16 heteroatoms. The van der Waals surface area contributed by atoms with Crippen LogP contribution in [0, 0.1) is 16.2 Å². The average Bonchev–Trinajstić information content (AvgIpc) is 3.12. The average molecular weight is 551 g/mol. The van der Waals surface area contributed by atoms with Crippen molar-refractivity contribution in [1.29, 1.82) is 5.26 Å². The van der Waals surface area contributed by atoms with Crippen molar-refractivity contribution in [3.8, 4) is 6.07 Å². The second kappa shape index (κ2) is 12.1. The molecule has 5 atom stereocenters. The number of aromatic nitrogens is 2. The molecule has 5 unspecified atom stereocenters. The molecule has 1 aliphatic heterocycles. The van der Waals surface area contributed by atoms with Crippen LogP contribution in [0.3, 0.4) is 0 Å². The summed E-state index contributed by atoms with van der Waals surface area (Å²) in [6, 6.07) is 11.1. The molecular formula is C22H23FN5O9P. The third-order valence-electron chi connectivity index (χ3n) is 5.30. The summed E-state index contributed by atoms with van der Waals surface area (Å²) in [6.45, 7) is 0.818. The number of amides is 1. The molecule has 202 valence electrons. The van der Waals surface area contributed by atoms with Gasteiger partial charge in [-0.3, -0.25) is 23.2 Å². The lowest BCUT2D eigenvalue weighted by molar-refractivity contribution is -0.155. The molecular weight excluding hydrogens is 528 g/mol. The maximum absolute atomic E-state index is 16.0. The maximum atomic E-state index is 16.0. The van der Waals surface area contributed by atoms with E-state index < -0.39 is 62.6 Å². The molecule has 0 aliphatic carbocycles. The number of nitriles is 1. The predicted octanol–water partition coefficient (Wildman–Crippen LogP) is 2.87. The van der Waals surface area contributed by atoms with E-state index in [1.54, 1.807) is 36.4 Å². The molecule has 1 aromatic heterocycles. The minimum absolute atomic E-state index is 0.109. The molecule has 1 aliphatic rings. The number of hydrogen-bond donors (Lipinski definition) is 1. The van der Waals surface area contributed by atoms with Gasteiger partial charge in [-0.1, -0.05) is 18.2 Å². The number of halogens is 1. The number of nitrogens with one attached hydrogen (secondary N) is 1. The standard InChI is InChI=1S/C22H23FN5O9P/c1-14(29)36-18-16(13-35-38(33,27-32)34-12-6-10-24)37-20(22(18,2)23)28-11-9-17(26-21(28)31)25-19(30)15-7-4-3-5-8-15/h3-5,7-9,11,16,18,20H,6,12-13H2,1-2H3,(H,25,26,30,31). The summed E-state index contributed by atoms with van der Waals surface area (Å²) in [7, 11) is -4.58. The van der Waals surface area contributed by atoms with Gasteiger partial charge in [-0.15, -0.1) is 4.91 Å². The van der Waals surface area contributed by atoms with Gasteiger partial charge in [-0.2, -0.15) is 10.2 Å². The molecule has 3 rings (SSSR count). The molecule has 38 heavy (non-hydrogen) atoms. The molecule has 0 saturated carbocycles. The third kappa shape index (κ3) is 6.73. The molecule has 0 bridgehead atoms. The summed E-state index contributed by atoms with van der Waals surface area (Å²) in [5.41, 5.74) is -3.23. The molecule has 1 aromatic carbocycles. The monoisotopic (exact) mass is 551 g/mol. The Labute approximate surface area is 215 Å². The SMILES string of the molecule is CC(=O)OC1C(COP(=O)(N=O)OCCC#N)OC(n2ccc(NC(=O)c3ccccc3)nc2=O)C1(C)F.